The summed E-state index contributed by atoms with van der Waals surface area (Å²) < 4.78 is 0. The van der Waals surface area contributed by atoms with Crippen LogP contribution in [0.2, 0.25) is 0 Å². The van der Waals surface area contributed by atoms with Gasteiger partial charge in [0.15, 0.2) is 0 Å². The van der Waals surface area contributed by atoms with Crippen LogP contribution < -0.4 is 5.73 Å². The fourth-order valence-corrected chi connectivity index (χ4v) is 5.02. The van der Waals surface area contributed by atoms with Crippen molar-refractivity contribution in [3.63, 3.8) is 0 Å². The molecule has 0 radical (unpaired) electrons. The van der Waals surface area contributed by atoms with Gasteiger partial charge in [0.05, 0.1) is 5.69 Å². The van der Waals surface area contributed by atoms with Crippen molar-refractivity contribution in [2.75, 3.05) is 0 Å². The molecule has 21 heavy (non-hydrogen) atoms. The van der Waals surface area contributed by atoms with Gasteiger partial charge in [-0.05, 0) is 37.7 Å². The summed E-state index contributed by atoms with van der Waals surface area (Å²) in [7, 11) is 0. The first-order valence-electron chi connectivity index (χ1n) is 8.02. The average molecular weight is 300 g/mol. The molecule has 0 spiro atoms. The number of thiazole rings is 1. The van der Waals surface area contributed by atoms with Crippen molar-refractivity contribution in [1.82, 2.24) is 4.98 Å². The van der Waals surface area contributed by atoms with E-state index in [0.717, 1.165) is 25.7 Å². The lowest BCUT2D eigenvalue weighted by Crippen LogP contribution is -2.26. The highest BCUT2D eigenvalue weighted by Crippen LogP contribution is 2.43. The molecule has 3 heteroatoms. The summed E-state index contributed by atoms with van der Waals surface area (Å²) in [5, 5.41) is 1.26. The summed E-state index contributed by atoms with van der Waals surface area (Å²) in [5.41, 5.74) is 8.87. The summed E-state index contributed by atoms with van der Waals surface area (Å²) in [6, 6.07) is 11.0. The SMILES string of the molecule is CCC(CC)(c1ccccc1)c1nc2c(s1)CCCC2N. The molecular formula is C18H24N2S. The standard InChI is InChI=1S/C18H24N2S/c1-3-18(4-2,13-9-6-5-7-10-13)17-20-16-14(19)11-8-12-15(16)21-17/h5-7,9-10,14H,3-4,8,11-12,19H2,1-2H3. The van der Waals surface area contributed by atoms with E-state index in [1.54, 1.807) is 0 Å². The zero-order chi connectivity index (χ0) is 14.9. The number of hydrogen-bond donors (Lipinski definition) is 1. The van der Waals surface area contributed by atoms with E-state index in [1.165, 1.54) is 27.6 Å². The van der Waals surface area contributed by atoms with Gasteiger partial charge >= 0.3 is 0 Å². The summed E-state index contributed by atoms with van der Waals surface area (Å²) in [4.78, 5) is 6.44. The minimum absolute atomic E-state index is 0.0446. The molecule has 1 aromatic carbocycles. The highest BCUT2D eigenvalue weighted by Gasteiger charge is 2.35. The molecular weight excluding hydrogens is 276 g/mol. The van der Waals surface area contributed by atoms with Crippen molar-refractivity contribution in [2.45, 2.75) is 57.4 Å². The molecule has 1 aliphatic rings. The molecule has 0 fully saturated rings. The van der Waals surface area contributed by atoms with E-state index >= 15 is 0 Å². The molecule has 1 unspecified atom stereocenters. The minimum Gasteiger partial charge on any atom is -0.323 e. The van der Waals surface area contributed by atoms with Gasteiger partial charge in [0, 0.05) is 16.3 Å². The number of fused-ring (bicyclic) bond motifs is 1. The van der Waals surface area contributed by atoms with E-state index in [0.29, 0.717) is 0 Å². The fraction of sp³-hybridized carbons (Fsp3) is 0.500. The number of aromatic nitrogens is 1. The highest BCUT2D eigenvalue weighted by molar-refractivity contribution is 7.12. The van der Waals surface area contributed by atoms with E-state index in [1.807, 2.05) is 11.3 Å². The summed E-state index contributed by atoms with van der Waals surface area (Å²) in [5.74, 6) is 0. The summed E-state index contributed by atoms with van der Waals surface area (Å²) in [6.07, 6.45) is 5.59. The van der Waals surface area contributed by atoms with Crippen LogP contribution >= 0.6 is 11.3 Å². The maximum Gasteiger partial charge on any atom is 0.104 e. The molecule has 2 nitrogen and oxygen atoms in total. The van der Waals surface area contributed by atoms with Crippen molar-refractivity contribution >= 4 is 11.3 Å². The van der Waals surface area contributed by atoms with E-state index in [-0.39, 0.29) is 11.5 Å². The molecule has 1 aliphatic carbocycles. The number of hydrogen-bond acceptors (Lipinski definition) is 3. The second-order valence-electron chi connectivity index (χ2n) is 5.98. The van der Waals surface area contributed by atoms with Gasteiger partial charge in [-0.15, -0.1) is 11.3 Å². The van der Waals surface area contributed by atoms with Crippen LogP contribution in [0.25, 0.3) is 0 Å². The average Bonchev–Trinajstić information content (AvgIpc) is 2.96. The molecule has 1 heterocycles. The molecule has 1 atom stereocenters. The van der Waals surface area contributed by atoms with Gasteiger partial charge in [-0.1, -0.05) is 44.2 Å². The number of aryl methyl sites for hydroxylation is 1. The lowest BCUT2D eigenvalue weighted by molar-refractivity contribution is 0.471. The van der Waals surface area contributed by atoms with Crippen LogP contribution in [0.4, 0.5) is 0 Å². The van der Waals surface area contributed by atoms with Gasteiger partial charge < -0.3 is 5.73 Å². The monoisotopic (exact) mass is 300 g/mol. The van der Waals surface area contributed by atoms with Gasteiger partial charge in [0.2, 0.25) is 0 Å². The lowest BCUT2D eigenvalue weighted by atomic mass is 9.76. The van der Waals surface area contributed by atoms with Crippen molar-refractivity contribution in [1.29, 1.82) is 0 Å². The van der Waals surface area contributed by atoms with Crippen molar-refractivity contribution in [3.05, 3.63) is 51.5 Å². The second-order valence-corrected chi connectivity index (χ2v) is 7.07. The smallest absolute Gasteiger partial charge is 0.104 e. The molecule has 0 amide bonds. The molecule has 1 aromatic heterocycles. The third kappa shape index (κ3) is 2.43. The van der Waals surface area contributed by atoms with Crippen LogP contribution in [0.1, 0.15) is 66.7 Å². The van der Waals surface area contributed by atoms with Gasteiger partial charge in [0.1, 0.15) is 5.01 Å². The van der Waals surface area contributed by atoms with Gasteiger partial charge in [-0.3, -0.25) is 0 Å². The quantitative estimate of drug-likeness (QED) is 0.897. The maximum absolute atomic E-state index is 6.27. The van der Waals surface area contributed by atoms with Crippen molar-refractivity contribution in [3.8, 4) is 0 Å². The molecule has 0 saturated carbocycles. The fourth-order valence-electron chi connectivity index (χ4n) is 3.50. The van der Waals surface area contributed by atoms with Gasteiger partial charge in [0.25, 0.3) is 0 Å². The summed E-state index contributed by atoms with van der Waals surface area (Å²) in [6.45, 7) is 4.55. The number of benzene rings is 1. The van der Waals surface area contributed by atoms with Crippen LogP contribution in [0.15, 0.2) is 30.3 Å². The van der Waals surface area contributed by atoms with Crippen LogP contribution in [-0.4, -0.2) is 4.98 Å². The zero-order valence-corrected chi connectivity index (χ0v) is 13.7. The number of nitrogens with two attached hydrogens (primary N) is 1. The zero-order valence-electron chi connectivity index (χ0n) is 12.9. The molecule has 3 rings (SSSR count). The maximum atomic E-state index is 6.27. The first kappa shape index (κ1) is 14.7. The van der Waals surface area contributed by atoms with Gasteiger partial charge in [-0.2, -0.15) is 0 Å². The molecule has 112 valence electrons. The van der Waals surface area contributed by atoms with Gasteiger partial charge in [-0.25, -0.2) is 4.98 Å². The van der Waals surface area contributed by atoms with Crippen LogP contribution in [0.3, 0.4) is 0 Å². The Hall–Kier alpha value is -1.19. The van der Waals surface area contributed by atoms with E-state index in [4.69, 9.17) is 10.7 Å². The largest absolute Gasteiger partial charge is 0.323 e. The second kappa shape index (κ2) is 5.90. The Labute approximate surface area is 131 Å². The Bertz CT molecular complexity index is 599. The van der Waals surface area contributed by atoms with E-state index in [2.05, 4.69) is 44.2 Å². The van der Waals surface area contributed by atoms with Crippen LogP contribution in [0.5, 0.6) is 0 Å². The summed E-state index contributed by atoms with van der Waals surface area (Å²) >= 11 is 1.90. The number of nitrogens with zero attached hydrogens (tertiary/aromatic N) is 1. The Balaban J connectivity index is 2.10. The Morgan fingerprint density at radius 3 is 2.57 bits per heavy atom. The predicted molar refractivity (Wildman–Crippen MR) is 89.8 cm³/mol. The predicted octanol–water partition coefficient (Wildman–Crippen LogP) is 4.59. The molecule has 2 N–H and O–H groups in total. The Morgan fingerprint density at radius 2 is 1.95 bits per heavy atom. The van der Waals surface area contributed by atoms with Crippen molar-refractivity contribution < 1.29 is 0 Å². The Kier molecular flexibility index (Phi) is 4.14. The van der Waals surface area contributed by atoms with Crippen molar-refractivity contribution in [2.24, 2.45) is 5.73 Å². The molecule has 0 bridgehead atoms. The van der Waals surface area contributed by atoms with E-state index in [9.17, 15) is 0 Å². The number of rotatable bonds is 4. The molecule has 2 aromatic rings. The normalized spacial score (nSPS) is 18.5. The minimum atomic E-state index is 0.0446. The first-order chi connectivity index (χ1) is 10.2. The van der Waals surface area contributed by atoms with E-state index < -0.39 is 0 Å². The topological polar surface area (TPSA) is 38.9 Å². The highest BCUT2D eigenvalue weighted by atomic mass is 32.1. The Morgan fingerprint density at radius 1 is 1.24 bits per heavy atom. The third-order valence-electron chi connectivity index (χ3n) is 4.94. The molecule has 0 aliphatic heterocycles. The van der Waals surface area contributed by atoms with Crippen LogP contribution in [0, 0.1) is 0 Å². The molecule has 0 saturated heterocycles. The third-order valence-corrected chi connectivity index (χ3v) is 6.28. The van der Waals surface area contributed by atoms with Crippen LogP contribution in [-0.2, 0) is 11.8 Å². The first-order valence-corrected chi connectivity index (χ1v) is 8.84. The lowest BCUT2D eigenvalue weighted by Gasteiger charge is -2.30.